The molecule has 0 atom stereocenters. The highest BCUT2D eigenvalue weighted by atomic mass is 32.1. The van der Waals surface area contributed by atoms with Crippen LogP contribution in [0.15, 0.2) is 35.8 Å². The summed E-state index contributed by atoms with van der Waals surface area (Å²) in [5.74, 6) is 1.52. The van der Waals surface area contributed by atoms with Crippen molar-refractivity contribution in [1.29, 1.82) is 0 Å². The van der Waals surface area contributed by atoms with Gasteiger partial charge in [0.1, 0.15) is 5.82 Å². The molecule has 5 rings (SSSR count). The summed E-state index contributed by atoms with van der Waals surface area (Å²) in [5, 5.41) is 6.91. The predicted molar refractivity (Wildman–Crippen MR) is 120 cm³/mol. The highest BCUT2D eigenvalue weighted by Crippen LogP contribution is 2.39. The Morgan fingerprint density at radius 2 is 1.94 bits per heavy atom. The van der Waals surface area contributed by atoms with Crippen LogP contribution in [0.3, 0.4) is 0 Å². The van der Waals surface area contributed by atoms with Gasteiger partial charge < -0.3 is 4.90 Å². The number of halogens is 3. The lowest BCUT2D eigenvalue weighted by Gasteiger charge is -2.23. The van der Waals surface area contributed by atoms with Crippen molar-refractivity contribution in [2.24, 2.45) is 0 Å². The molecule has 32 heavy (non-hydrogen) atoms. The molecule has 11 heteroatoms. The van der Waals surface area contributed by atoms with Gasteiger partial charge in [-0.2, -0.15) is 13.2 Å². The number of hydrogen-bond donors (Lipinski definition) is 0. The van der Waals surface area contributed by atoms with E-state index in [1.54, 1.807) is 11.3 Å². The van der Waals surface area contributed by atoms with Gasteiger partial charge in [-0.3, -0.25) is 9.47 Å². The molecule has 3 aromatic heterocycles. The van der Waals surface area contributed by atoms with Crippen molar-refractivity contribution >= 4 is 29.4 Å². The topological polar surface area (TPSA) is 42.1 Å². The largest absolute Gasteiger partial charge is 0.417 e. The molecule has 3 aromatic rings. The molecule has 1 saturated heterocycles. The minimum absolute atomic E-state index is 0.443. The maximum absolute atomic E-state index is 12.8. The van der Waals surface area contributed by atoms with Gasteiger partial charge in [0.05, 0.1) is 17.1 Å². The molecule has 1 aliphatic carbocycles. The first-order chi connectivity index (χ1) is 15.4. The second-order valence-electron chi connectivity index (χ2n) is 8.19. The fourth-order valence-electron chi connectivity index (χ4n) is 4.02. The SMILES string of the molecule is FC(F)(F)c1ccc(N2CCCN(Cn3nc(-c4cccs4)n(C4CC4)c3=S)CC2)nc1. The molecule has 1 aliphatic heterocycles. The zero-order valence-electron chi connectivity index (χ0n) is 17.3. The van der Waals surface area contributed by atoms with Crippen LogP contribution in [0.5, 0.6) is 0 Å². The third-order valence-electron chi connectivity index (χ3n) is 5.85. The summed E-state index contributed by atoms with van der Waals surface area (Å²) in [4.78, 5) is 9.51. The van der Waals surface area contributed by atoms with E-state index in [1.807, 2.05) is 21.0 Å². The lowest BCUT2D eigenvalue weighted by atomic mass is 10.2. The van der Waals surface area contributed by atoms with E-state index in [1.165, 1.54) is 6.07 Å². The van der Waals surface area contributed by atoms with E-state index in [9.17, 15) is 13.2 Å². The Bertz CT molecular complexity index is 1120. The van der Waals surface area contributed by atoms with E-state index < -0.39 is 11.7 Å². The van der Waals surface area contributed by atoms with E-state index in [0.29, 0.717) is 25.1 Å². The van der Waals surface area contributed by atoms with Gasteiger partial charge in [0.2, 0.25) is 0 Å². The molecule has 0 aromatic carbocycles. The van der Waals surface area contributed by atoms with Crippen molar-refractivity contribution < 1.29 is 13.2 Å². The molecule has 6 nitrogen and oxygen atoms in total. The quantitative estimate of drug-likeness (QED) is 0.478. The van der Waals surface area contributed by atoms with E-state index in [-0.39, 0.29) is 0 Å². The Kier molecular flexibility index (Phi) is 5.81. The summed E-state index contributed by atoms with van der Waals surface area (Å²) < 4.78 is 43.3. The molecule has 0 bridgehead atoms. The number of pyridine rings is 1. The van der Waals surface area contributed by atoms with Crippen LogP contribution in [-0.2, 0) is 12.8 Å². The van der Waals surface area contributed by atoms with Gasteiger partial charge in [0.15, 0.2) is 10.6 Å². The molecule has 0 radical (unpaired) electrons. The monoisotopic (exact) mass is 480 g/mol. The third kappa shape index (κ3) is 4.46. The molecule has 1 saturated carbocycles. The first-order valence-electron chi connectivity index (χ1n) is 10.6. The highest BCUT2D eigenvalue weighted by Gasteiger charge is 2.31. The van der Waals surface area contributed by atoms with Gasteiger partial charge in [-0.25, -0.2) is 9.67 Å². The normalized spacial score (nSPS) is 18.2. The van der Waals surface area contributed by atoms with Crippen molar-refractivity contribution in [2.45, 2.75) is 38.1 Å². The van der Waals surface area contributed by atoms with Crippen LogP contribution in [0.1, 0.15) is 30.9 Å². The average molecular weight is 481 g/mol. The van der Waals surface area contributed by atoms with E-state index in [2.05, 4.69) is 20.5 Å². The number of anilines is 1. The number of rotatable bonds is 5. The molecule has 4 heterocycles. The zero-order valence-corrected chi connectivity index (χ0v) is 19.0. The van der Waals surface area contributed by atoms with Crippen LogP contribution in [0.2, 0.25) is 0 Å². The van der Waals surface area contributed by atoms with E-state index in [0.717, 1.165) is 66.6 Å². The molecular weight excluding hydrogens is 457 g/mol. The van der Waals surface area contributed by atoms with Crippen LogP contribution in [-0.4, -0.2) is 50.4 Å². The summed E-state index contributed by atoms with van der Waals surface area (Å²) in [7, 11) is 0. The maximum Gasteiger partial charge on any atom is 0.417 e. The number of nitrogens with zero attached hydrogens (tertiary/aromatic N) is 6. The van der Waals surface area contributed by atoms with Gasteiger partial charge in [0, 0.05) is 38.4 Å². The molecule has 170 valence electrons. The lowest BCUT2D eigenvalue weighted by molar-refractivity contribution is -0.137. The second-order valence-corrected chi connectivity index (χ2v) is 9.50. The highest BCUT2D eigenvalue weighted by molar-refractivity contribution is 7.71. The fourth-order valence-corrected chi connectivity index (χ4v) is 5.06. The van der Waals surface area contributed by atoms with Crippen LogP contribution in [0, 0.1) is 4.77 Å². The Morgan fingerprint density at radius 1 is 1.09 bits per heavy atom. The minimum atomic E-state index is -4.37. The lowest BCUT2D eigenvalue weighted by Crippen LogP contribution is -2.32. The van der Waals surface area contributed by atoms with Crippen LogP contribution in [0.25, 0.3) is 10.7 Å². The van der Waals surface area contributed by atoms with Crippen LogP contribution in [0.4, 0.5) is 19.0 Å². The standard InChI is InChI=1S/C21H23F3N6S2/c22-21(23,24)15-4-7-18(25-13-15)28-9-2-8-27(10-11-28)14-29-20(31)30(16-5-6-16)19(26-29)17-3-1-12-32-17/h1,3-4,7,12-13,16H,2,5-6,8-11,14H2. The molecule has 0 unspecified atom stereocenters. The Hall–Kier alpha value is -2.24. The van der Waals surface area contributed by atoms with Crippen LogP contribution >= 0.6 is 23.6 Å². The average Bonchev–Trinajstić information content (AvgIpc) is 3.42. The Morgan fingerprint density at radius 3 is 2.59 bits per heavy atom. The fraction of sp³-hybridized carbons (Fsp3) is 0.476. The molecule has 0 N–H and O–H groups in total. The van der Waals surface area contributed by atoms with Gasteiger partial charge in [-0.15, -0.1) is 16.4 Å². The maximum atomic E-state index is 12.8. The number of thiophene rings is 1. The van der Waals surface area contributed by atoms with Crippen molar-refractivity contribution in [3.8, 4) is 10.7 Å². The van der Waals surface area contributed by atoms with Crippen LogP contribution < -0.4 is 4.90 Å². The Labute approximate surface area is 192 Å². The van der Waals surface area contributed by atoms with Gasteiger partial charge in [-0.05, 0) is 55.1 Å². The van der Waals surface area contributed by atoms with Crippen molar-refractivity contribution in [2.75, 3.05) is 31.1 Å². The smallest absolute Gasteiger partial charge is 0.355 e. The summed E-state index contributed by atoms with van der Waals surface area (Å²) in [6, 6.07) is 7.10. The first kappa shape index (κ1) is 21.6. The number of hydrogen-bond acceptors (Lipinski definition) is 6. The molecule has 0 amide bonds. The molecule has 2 fully saturated rings. The van der Waals surface area contributed by atoms with Crippen molar-refractivity contribution in [1.82, 2.24) is 24.2 Å². The van der Waals surface area contributed by atoms with E-state index in [4.69, 9.17) is 17.3 Å². The van der Waals surface area contributed by atoms with Crippen molar-refractivity contribution in [3.05, 3.63) is 46.2 Å². The van der Waals surface area contributed by atoms with Crippen molar-refractivity contribution in [3.63, 3.8) is 0 Å². The summed E-state index contributed by atoms with van der Waals surface area (Å²) in [6.45, 7) is 3.66. The zero-order chi connectivity index (χ0) is 22.3. The second kappa shape index (κ2) is 8.60. The summed E-state index contributed by atoms with van der Waals surface area (Å²) >= 11 is 7.44. The Balaban J connectivity index is 1.29. The predicted octanol–water partition coefficient (Wildman–Crippen LogP) is 5.06. The van der Waals surface area contributed by atoms with E-state index >= 15 is 0 Å². The first-order valence-corrected chi connectivity index (χ1v) is 11.9. The molecular formula is C21H23F3N6S2. The van der Waals surface area contributed by atoms with Gasteiger partial charge >= 0.3 is 6.18 Å². The molecule has 2 aliphatic rings. The number of aromatic nitrogens is 4. The third-order valence-corrected chi connectivity index (χ3v) is 7.12. The molecule has 0 spiro atoms. The summed E-state index contributed by atoms with van der Waals surface area (Å²) in [5.41, 5.74) is -0.722. The van der Waals surface area contributed by atoms with Gasteiger partial charge in [0.25, 0.3) is 0 Å². The minimum Gasteiger partial charge on any atom is -0.355 e. The van der Waals surface area contributed by atoms with Gasteiger partial charge in [-0.1, -0.05) is 6.07 Å². The number of alkyl halides is 3. The summed E-state index contributed by atoms with van der Waals surface area (Å²) in [6.07, 6.45) is -0.300.